The van der Waals surface area contributed by atoms with Gasteiger partial charge in [0.05, 0.1) is 14.2 Å². The molecule has 0 saturated heterocycles. The van der Waals surface area contributed by atoms with Gasteiger partial charge in [0.2, 0.25) is 0 Å². The molecule has 0 aromatic heterocycles. The molecule has 0 aromatic rings. The highest BCUT2D eigenvalue weighted by atomic mass is 16.5. The molecule has 0 unspecified atom stereocenters. The van der Waals surface area contributed by atoms with Crippen molar-refractivity contribution >= 4 is 23.9 Å². The molecule has 1 rings (SSSR count). The van der Waals surface area contributed by atoms with Gasteiger partial charge in [-0.1, -0.05) is 0 Å². The summed E-state index contributed by atoms with van der Waals surface area (Å²) in [4.78, 5) is 45.8. The Bertz CT molecular complexity index is 394. The third-order valence-corrected chi connectivity index (χ3v) is 3.40. The van der Waals surface area contributed by atoms with Gasteiger partial charge in [0.25, 0.3) is 0 Å². The van der Waals surface area contributed by atoms with Gasteiger partial charge < -0.3 is 19.7 Å². The maximum atomic E-state index is 11.7. The van der Waals surface area contributed by atoms with Crippen LogP contribution >= 0.6 is 0 Å². The Morgan fingerprint density at radius 3 is 1.33 bits per heavy atom. The number of ether oxygens (including phenoxy) is 2. The molecule has 0 bridgehead atoms. The summed E-state index contributed by atoms with van der Waals surface area (Å²) >= 11 is 0. The third-order valence-electron chi connectivity index (χ3n) is 3.40. The molecule has 1 aliphatic carbocycles. The highest BCUT2D eigenvalue weighted by Crippen LogP contribution is 2.58. The van der Waals surface area contributed by atoms with E-state index in [4.69, 9.17) is 10.2 Å². The first-order valence-corrected chi connectivity index (χ1v) is 4.95. The number of carboxylic acid groups (broad SMARTS) is 2. The van der Waals surface area contributed by atoms with Crippen LogP contribution in [0.3, 0.4) is 0 Å². The molecule has 18 heavy (non-hydrogen) atoms. The van der Waals surface area contributed by atoms with Gasteiger partial charge in [-0.05, 0) is 12.8 Å². The summed E-state index contributed by atoms with van der Waals surface area (Å²) in [6, 6.07) is 0. The number of rotatable bonds is 4. The molecule has 1 fully saturated rings. The van der Waals surface area contributed by atoms with Crippen LogP contribution in [0, 0.1) is 10.8 Å². The maximum Gasteiger partial charge on any atom is 0.325 e. The molecule has 0 spiro atoms. The van der Waals surface area contributed by atoms with Crippen molar-refractivity contribution in [2.45, 2.75) is 12.8 Å². The Labute approximate surface area is 101 Å². The van der Waals surface area contributed by atoms with Gasteiger partial charge in [-0.3, -0.25) is 19.2 Å². The van der Waals surface area contributed by atoms with E-state index in [-0.39, 0.29) is 12.8 Å². The van der Waals surface area contributed by atoms with E-state index in [9.17, 15) is 19.2 Å². The Morgan fingerprint density at radius 2 is 1.17 bits per heavy atom. The molecule has 0 radical (unpaired) electrons. The van der Waals surface area contributed by atoms with Crippen molar-refractivity contribution in [1.82, 2.24) is 0 Å². The zero-order valence-electron chi connectivity index (χ0n) is 9.76. The van der Waals surface area contributed by atoms with Crippen molar-refractivity contribution in [2.75, 3.05) is 14.2 Å². The molecule has 0 heterocycles. The van der Waals surface area contributed by atoms with Crippen molar-refractivity contribution < 1.29 is 38.9 Å². The second-order valence-electron chi connectivity index (χ2n) is 3.90. The summed E-state index contributed by atoms with van der Waals surface area (Å²) in [7, 11) is 1.89. The van der Waals surface area contributed by atoms with Crippen LogP contribution in [0.15, 0.2) is 0 Å². The van der Waals surface area contributed by atoms with E-state index in [2.05, 4.69) is 9.47 Å². The topological polar surface area (TPSA) is 127 Å². The van der Waals surface area contributed by atoms with E-state index < -0.39 is 34.7 Å². The lowest BCUT2D eigenvalue weighted by Gasteiger charge is -2.48. The molecule has 8 nitrogen and oxygen atoms in total. The van der Waals surface area contributed by atoms with Crippen molar-refractivity contribution in [1.29, 1.82) is 0 Å². The number of carboxylic acids is 2. The van der Waals surface area contributed by atoms with Crippen molar-refractivity contribution in [2.24, 2.45) is 10.8 Å². The standard InChI is InChI=1S/C10H12O8/c1-17-7(15)10(8(16)18-2)4-3-9(10,5(11)12)6(13)14/h3-4H2,1-2H3,(H,11,12)(H,13,14). The molecule has 100 valence electrons. The fraction of sp³-hybridized carbons (Fsp3) is 0.600. The van der Waals surface area contributed by atoms with Crippen LogP contribution in [0.5, 0.6) is 0 Å². The molecule has 8 heteroatoms. The van der Waals surface area contributed by atoms with E-state index in [1.54, 1.807) is 0 Å². The van der Waals surface area contributed by atoms with Crippen LogP contribution in [-0.4, -0.2) is 48.3 Å². The number of methoxy groups -OCH3 is 2. The quantitative estimate of drug-likeness (QED) is 0.500. The molecule has 0 atom stereocenters. The van der Waals surface area contributed by atoms with E-state index in [0.29, 0.717) is 0 Å². The van der Waals surface area contributed by atoms with Gasteiger partial charge in [-0.25, -0.2) is 0 Å². The molecular weight excluding hydrogens is 248 g/mol. The fourth-order valence-electron chi connectivity index (χ4n) is 2.28. The molecule has 0 aromatic carbocycles. The van der Waals surface area contributed by atoms with Crippen LogP contribution < -0.4 is 0 Å². The van der Waals surface area contributed by atoms with Crippen molar-refractivity contribution in [3.05, 3.63) is 0 Å². The number of carbonyl (C=O) groups is 4. The smallest absolute Gasteiger partial charge is 0.325 e. The third kappa shape index (κ3) is 1.31. The summed E-state index contributed by atoms with van der Waals surface area (Å²) in [5.41, 5.74) is -4.86. The van der Waals surface area contributed by atoms with E-state index >= 15 is 0 Å². The predicted molar refractivity (Wildman–Crippen MR) is 53.4 cm³/mol. The molecular formula is C10H12O8. The average molecular weight is 260 g/mol. The van der Waals surface area contributed by atoms with E-state index in [1.807, 2.05) is 0 Å². The first kappa shape index (κ1) is 13.9. The molecule has 0 aliphatic heterocycles. The zero-order chi connectivity index (χ0) is 14.1. The Balaban J connectivity index is 3.45. The van der Waals surface area contributed by atoms with Crippen LogP contribution in [-0.2, 0) is 28.7 Å². The second-order valence-corrected chi connectivity index (χ2v) is 3.90. The SMILES string of the molecule is COC(=O)C1(C(=O)OC)CCC1(C(=O)O)C(=O)O. The molecule has 2 N–H and O–H groups in total. The summed E-state index contributed by atoms with van der Waals surface area (Å²) < 4.78 is 8.74. The summed E-state index contributed by atoms with van der Waals surface area (Å²) in [6.45, 7) is 0. The van der Waals surface area contributed by atoms with Gasteiger partial charge in [0, 0.05) is 0 Å². The molecule has 1 aliphatic rings. The highest BCUT2D eigenvalue weighted by molar-refractivity contribution is 6.15. The minimum absolute atomic E-state index is 0.245. The normalized spacial score (nSPS) is 19.2. The lowest BCUT2D eigenvalue weighted by atomic mass is 9.49. The Kier molecular flexibility index (Phi) is 3.32. The van der Waals surface area contributed by atoms with Crippen molar-refractivity contribution in [3.8, 4) is 0 Å². The Hall–Kier alpha value is -2.12. The van der Waals surface area contributed by atoms with Gasteiger partial charge in [0.15, 0.2) is 10.8 Å². The van der Waals surface area contributed by atoms with E-state index in [0.717, 1.165) is 14.2 Å². The first-order valence-electron chi connectivity index (χ1n) is 4.95. The van der Waals surface area contributed by atoms with Crippen molar-refractivity contribution in [3.63, 3.8) is 0 Å². The zero-order valence-corrected chi connectivity index (χ0v) is 9.76. The maximum absolute atomic E-state index is 11.7. The number of esters is 2. The fourth-order valence-corrected chi connectivity index (χ4v) is 2.28. The number of hydrogen-bond acceptors (Lipinski definition) is 6. The minimum Gasteiger partial charge on any atom is -0.480 e. The lowest BCUT2D eigenvalue weighted by Crippen LogP contribution is -2.68. The van der Waals surface area contributed by atoms with Crippen LogP contribution in [0.1, 0.15) is 12.8 Å². The number of aliphatic carboxylic acids is 2. The van der Waals surface area contributed by atoms with Crippen LogP contribution in [0.4, 0.5) is 0 Å². The predicted octanol–water partition coefficient (Wildman–Crippen LogP) is -0.732. The highest BCUT2D eigenvalue weighted by Gasteiger charge is 2.78. The van der Waals surface area contributed by atoms with E-state index in [1.165, 1.54) is 0 Å². The van der Waals surface area contributed by atoms with Gasteiger partial charge in [0.1, 0.15) is 0 Å². The monoisotopic (exact) mass is 260 g/mol. The van der Waals surface area contributed by atoms with Gasteiger partial charge >= 0.3 is 23.9 Å². The van der Waals surface area contributed by atoms with Gasteiger partial charge in [-0.2, -0.15) is 0 Å². The van der Waals surface area contributed by atoms with Crippen LogP contribution in [0.2, 0.25) is 0 Å². The summed E-state index contributed by atoms with van der Waals surface area (Å²) in [5.74, 6) is -5.97. The summed E-state index contributed by atoms with van der Waals surface area (Å²) in [5, 5.41) is 18.2. The first-order chi connectivity index (χ1) is 8.31. The van der Waals surface area contributed by atoms with Crippen LogP contribution in [0.25, 0.3) is 0 Å². The van der Waals surface area contributed by atoms with Gasteiger partial charge in [-0.15, -0.1) is 0 Å². The number of hydrogen-bond donors (Lipinski definition) is 2. The Morgan fingerprint density at radius 1 is 0.833 bits per heavy atom. The minimum atomic E-state index is -2.53. The number of carbonyl (C=O) groups excluding carboxylic acids is 2. The largest absolute Gasteiger partial charge is 0.480 e. The molecule has 1 saturated carbocycles. The second kappa shape index (κ2) is 4.28. The average Bonchev–Trinajstić information content (AvgIpc) is 2.26. The lowest BCUT2D eigenvalue weighted by molar-refractivity contribution is -0.214. The summed E-state index contributed by atoms with van der Waals surface area (Å²) in [6.07, 6.45) is -0.590. The molecule has 0 amide bonds.